The van der Waals surface area contributed by atoms with Crippen molar-refractivity contribution in [1.82, 2.24) is 19.5 Å². The smallest absolute Gasteiger partial charge is 0.143 e. The molecule has 1 N–H and O–H groups in total. The number of hydrogen-bond acceptors (Lipinski definition) is 4. The number of aryl methyl sites for hydroxylation is 1. The van der Waals surface area contributed by atoms with E-state index in [1.54, 1.807) is 12.5 Å². The Balaban J connectivity index is 1.67. The molecule has 1 saturated carbocycles. The zero-order valence-corrected chi connectivity index (χ0v) is 11.9. The number of nitrogens with zero attached hydrogens (tertiary/aromatic N) is 4. The summed E-state index contributed by atoms with van der Waals surface area (Å²) in [7, 11) is 0. The zero-order chi connectivity index (χ0) is 13.8. The molecule has 0 aromatic carbocycles. The van der Waals surface area contributed by atoms with Crippen LogP contribution in [0.25, 0.3) is 5.82 Å². The molecule has 1 fully saturated rings. The van der Waals surface area contributed by atoms with E-state index in [4.69, 9.17) is 0 Å². The van der Waals surface area contributed by atoms with Crippen LogP contribution in [0.2, 0.25) is 0 Å². The molecule has 0 bridgehead atoms. The van der Waals surface area contributed by atoms with Crippen molar-refractivity contribution < 1.29 is 0 Å². The van der Waals surface area contributed by atoms with Gasteiger partial charge in [0, 0.05) is 25.0 Å². The number of anilines is 1. The maximum Gasteiger partial charge on any atom is 0.143 e. The van der Waals surface area contributed by atoms with Gasteiger partial charge in [0.2, 0.25) is 0 Å². The van der Waals surface area contributed by atoms with Crippen molar-refractivity contribution in [2.24, 2.45) is 5.92 Å². The first-order valence-corrected chi connectivity index (χ1v) is 7.39. The van der Waals surface area contributed by atoms with Crippen molar-refractivity contribution in [3.63, 3.8) is 0 Å². The lowest BCUT2D eigenvalue weighted by Crippen LogP contribution is -2.17. The van der Waals surface area contributed by atoms with Crippen molar-refractivity contribution in [3.05, 3.63) is 30.6 Å². The molecule has 2 aromatic rings. The second-order valence-electron chi connectivity index (χ2n) is 5.49. The molecule has 1 aliphatic carbocycles. The van der Waals surface area contributed by atoms with Gasteiger partial charge >= 0.3 is 0 Å². The molecule has 0 spiro atoms. The minimum Gasteiger partial charge on any atom is -0.370 e. The highest BCUT2D eigenvalue weighted by Crippen LogP contribution is 2.23. The van der Waals surface area contributed by atoms with Gasteiger partial charge in [-0.25, -0.2) is 15.0 Å². The van der Waals surface area contributed by atoms with Crippen LogP contribution in [0, 0.1) is 12.8 Å². The van der Waals surface area contributed by atoms with Crippen LogP contribution in [0.5, 0.6) is 0 Å². The van der Waals surface area contributed by atoms with E-state index in [1.807, 2.05) is 23.8 Å². The predicted octanol–water partition coefficient (Wildman–Crippen LogP) is 2.96. The molecule has 2 heterocycles. The summed E-state index contributed by atoms with van der Waals surface area (Å²) in [6.07, 6.45) is 12.1. The summed E-state index contributed by atoms with van der Waals surface area (Å²) < 4.78 is 1.97. The second-order valence-corrected chi connectivity index (χ2v) is 5.49. The van der Waals surface area contributed by atoms with Crippen LogP contribution in [0.1, 0.15) is 37.9 Å². The van der Waals surface area contributed by atoms with Crippen LogP contribution in [0.15, 0.2) is 24.8 Å². The molecule has 20 heavy (non-hydrogen) atoms. The Morgan fingerprint density at radius 2 is 2.05 bits per heavy atom. The number of imidazole rings is 1. The summed E-state index contributed by atoms with van der Waals surface area (Å²) in [5.74, 6) is 3.48. The van der Waals surface area contributed by atoms with Crippen LogP contribution in [-0.2, 0) is 0 Å². The molecule has 0 radical (unpaired) electrons. The molecule has 1 aliphatic rings. The van der Waals surface area contributed by atoms with Crippen molar-refractivity contribution in [2.75, 3.05) is 11.9 Å². The van der Waals surface area contributed by atoms with E-state index in [2.05, 4.69) is 20.3 Å². The summed E-state index contributed by atoms with van der Waals surface area (Å²) in [6, 6.07) is 1.98. The lowest BCUT2D eigenvalue weighted by atomic mass is 9.89. The lowest BCUT2D eigenvalue weighted by molar-refractivity contribution is 0.373. The van der Waals surface area contributed by atoms with Crippen LogP contribution >= 0.6 is 0 Å². The van der Waals surface area contributed by atoms with E-state index >= 15 is 0 Å². The minimum atomic E-state index is 0.789. The summed E-state index contributed by atoms with van der Waals surface area (Å²) in [6.45, 7) is 2.98. The zero-order valence-electron chi connectivity index (χ0n) is 11.9. The SMILES string of the molecule is Cc1nccn1-c1cc(NCC2CCCCC2)ncn1. The van der Waals surface area contributed by atoms with E-state index < -0.39 is 0 Å². The molecule has 106 valence electrons. The largest absolute Gasteiger partial charge is 0.370 e. The maximum absolute atomic E-state index is 4.31. The third kappa shape index (κ3) is 2.98. The Morgan fingerprint density at radius 3 is 2.80 bits per heavy atom. The highest BCUT2D eigenvalue weighted by molar-refractivity contribution is 5.41. The first-order chi connectivity index (χ1) is 9.83. The lowest BCUT2D eigenvalue weighted by Gasteiger charge is -2.22. The average Bonchev–Trinajstić information content (AvgIpc) is 2.93. The van der Waals surface area contributed by atoms with Crippen molar-refractivity contribution >= 4 is 5.82 Å². The molecule has 0 aliphatic heterocycles. The molecule has 5 heteroatoms. The second kappa shape index (κ2) is 6.03. The molecular formula is C15H21N5. The van der Waals surface area contributed by atoms with E-state index in [1.165, 1.54) is 32.1 Å². The normalized spacial score (nSPS) is 16.2. The van der Waals surface area contributed by atoms with E-state index in [-0.39, 0.29) is 0 Å². The Morgan fingerprint density at radius 1 is 1.20 bits per heavy atom. The third-order valence-electron chi connectivity index (χ3n) is 4.02. The monoisotopic (exact) mass is 271 g/mol. The first-order valence-electron chi connectivity index (χ1n) is 7.39. The van der Waals surface area contributed by atoms with Crippen molar-refractivity contribution in [2.45, 2.75) is 39.0 Å². The third-order valence-corrected chi connectivity index (χ3v) is 4.02. The van der Waals surface area contributed by atoms with Crippen LogP contribution in [0.4, 0.5) is 5.82 Å². The van der Waals surface area contributed by atoms with Gasteiger partial charge in [-0.2, -0.15) is 0 Å². The first kappa shape index (κ1) is 13.1. The van der Waals surface area contributed by atoms with E-state index in [9.17, 15) is 0 Å². The predicted molar refractivity (Wildman–Crippen MR) is 79.0 cm³/mol. The number of hydrogen-bond donors (Lipinski definition) is 1. The van der Waals surface area contributed by atoms with Crippen LogP contribution in [0.3, 0.4) is 0 Å². The van der Waals surface area contributed by atoms with Gasteiger partial charge in [0.05, 0.1) is 0 Å². The fourth-order valence-electron chi connectivity index (χ4n) is 2.84. The standard InChI is InChI=1S/C15H21N5/c1-12-16-7-8-20(12)15-9-14(18-11-19-15)17-10-13-5-3-2-4-6-13/h7-9,11,13H,2-6,10H2,1H3,(H,17,18,19). The van der Waals surface area contributed by atoms with Gasteiger partial charge in [0.1, 0.15) is 23.8 Å². The molecule has 0 amide bonds. The van der Waals surface area contributed by atoms with Crippen molar-refractivity contribution in [1.29, 1.82) is 0 Å². The molecule has 0 saturated heterocycles. The summed E-state index contributed by atoms with van der Waals surface area (Å²) in [4.78, 5) is 12.8. The van der Waals surface area contributed by atoms with E-state index in [0.717, 1.165) is 29.9 Å². The highest BCUT2D eigenvalue weighted by Gasteiger charge is 2.13. The Hall–Kier alpha value is -1.91. The number of nitrogens with one attached hydrogen (secondary N) is 1. The van der Waals surface area contributed by atoms with Gasteiger partial charge in [0.25, 0.3) is 0 Å². The van der Waals surface area contributed by atoms with Crippen LogP contribution in [-0.4, -0.2) is 26.1 Å². The molecule has 5 nitrogen and oxygen atoms in total. The molecule has 2 aromatic heterocycles. The van der Waals surface area contributed by atoms with Gasteiger partial charge in [-0.3, -0.25) is 4.57 Å². The van der Waals surface area contributed by atoms with E-state index in [0.29, 0.717) is 0 Å². The Kier molecular flexibility index (Phi) is 3.95. The Labute approximate surface area is 119 Å². The molecular weight excluding hydrogens is 250 g/mol. The maximum atomic E-state index is 4.31. The fourth-order valence-corrected chi connectivity index (χ4v) is 2.84. The van der Waals surface area contributed by atoms with Gasteiger partial charge in [0.15, 0.2) is 0 Å². The minimum absolute atomic E-state index is 0.789. The average molecular weight is 271 g/mol. The molecule has 0 unspecified atom stereocenters. The van der Waals surface area contributed by atoms with Crippen molar-refractivity contribution in [3.8, 4) is 5.82 Å². The topological polar surface area (TPSA) is 55.6 Å². The van der Waals surface area contributed by atoms with Crippen LogP contribution < -0.4 is 5.32 Å². The van der Waals surface area contributed by atoms with Gasteiger partial charge in [-0.15, -0.1) is 0 Å². The number of aromatic nitrogens is 4. The number of rotatable bonds is 4. The van der Waals surface area contributed by atoms with Gasteiger partial charge in [-0.05, 0) is 25.7 Å². The van der Waals surface area contributed by atoms with Gasteiger partial charge in [-0.1, -0.05) is 19.3 Å². The highest BCUT2D eigenvalue weighted by atomic mass is 15.1. The fraction of sp³-hybridized carbons (Fsp3) is 0.533. The van der Waals surface area contributed by atoms with Gasteiger partial charge < -0.3 is 5.32 Å². The summed E-state index contributed by atoms with van der Waals surface area (Å²) in [5, 5.41) is 3.45. The molecule has 0 atom stereocenters. The quantitative estimate of drug-likeness (QED) is 0.929. The molecule has 3 rings (SSSR count). The summed E-state index contributed by atoms with van der Waals surface area (Å²) >= 11 is 0. The Bertz CT molecular complexity index is 557. The summed E-state index contributed by atoms with van der Waals surface area (Å²) in [5.41, 5.74) is 0.